The number of hydrogen-bond donors (Lipinski definition) is 2. The highest BCUT2D eigenvalue weighted by Crippen LogP contribution is 2.10. The largest absolute Gasteiger partial charge is 0.374 e. The van der Waals surface area contributed by atoms with Gasteiger partial charge in [0.2, 0.25) is 0 Å². The van der Waals surface area contributed by atoms with Crippen molar-refractivity contribution < 1.29 is 5.11 Å². The molecular formula is C16H33NO. The molecule has 0 saturated heterocycles. The zero-order valence-corrected chi connectivity index (χ0v) is 12.5. The van der Waals surface area contributed by atoms with Crippen LogP contribution in [0.2, 0.25) is 0 Å². The van der Waals surface area contributed by atoms with Crippen LogP contribution in [-0.2, 0) is 0 Å². The summed E-state index contributed by atoms with van der Waals surface area (Å²) in [4.78, 5) is 0. The van der Waals surface area contributed by atoms with Crippen LogP contribution in [0.15, 0.2) is 12.3 Å². The van der Waals surface area contributed by atoms with Crippen LogP contribution in [0.3, 0.4) is 0 Å². The van der Waals surface area contributed by atoms with Gasteiger partial charge in [0, 0.05) is 0 Å². The molecule has 0 aliphatic rings. The molecule has 0 aliphatic carbocycles. The van der Waals surface area contributed by atoms with Gasteiger partial charge >= 0.3 is 0 Å². The van der Waals surface area contributed by atoms with E-state index in [-0.39, 0.29) is 6.23 Å². The Morgan fingerprint density at radius 1 is 0.889 bits per heavy atom. The Kier molecular flexibility index (Phi) is 14.2. The number of allylic oxidation sites excluding steroid dienone is 1. The first kappa shape index (κ1) is 17.5. The van der Waals surface area contributed by atoms with Gasteiger partial charge in [-0.1, -0.05) is 71.3 Å². The first-order valence-electron chi connectivity index (χ1n) is 7.90. The van der Waals surface area contributed by atoms with E-state index in [9.17, 15) is 5.11 Å². The first-order valence-corrected chi connectivity index (χ1v) is 7.90. The maximum atomic E-state index is 9.26. The predicted octanol–water partition coefficient (Wildman–Crippen LogP) is 4.74. The van der Waals surface area contributed by atoms with Crippen molar-refractivity contribution >= 4 is 0 Å². The van der Waals surface area contributed by atoms with E-state index < -0.39 is 0 Å². The Hall–Kier alpha value is -0.500. The van der Waals surface area contributed by atoms with E-state index in [2.05, 4.69) is 18.3 Å². The lowest BCUT2D eigenvalue weighted by atomic mass is 10.1. The monoisotopic (exact) mass is 255 g/mol. The summed E-state index contributed by atoms with van der Waals surface area (Å²) in [7, 11) is 0. The van der Waals surface area contributed by atoms with Crippen LogP contribution in [0.1, 0.15) is 84.5 Å². The Labute approximate surface area is 114 Å². The van der Waals surface area contributed by atoms with Crippen molar-refractivity contribution in [2.24, 2.45) is 0 Å². The minimum absolute atomic E-state index is 0.385. The van der Waals surface area contributed by atoms with Crippen LogP contribution in [-0.4, -0.2) is 11.3 Å². The van der Waals surface area contributed by atoms with Crippen molar-refractivity contribution in [2.45, 2.75) is 90.7 Å². The van der Waals surface area contributed by atoms with Crippen molar-refractivity contribution in [3.63, 3.8) is 0 Å². The Balaban J connectivity index is 3.07. The van der Waals surface area contributed by atoms with Crippen molar-refractivity contribution in [3.05, 3.63) is 12.3 Å². The lowest BCUT2D eigenvalue weighted by molar-refractivity contribution is 0.149. The molecule has 2 heteroatoms. The molecule has 1 atom stereocenters. The summed E-state index contributed by atoms with van der Waals surface area (Å²) in [6.07, 6.45) is 17.9. The topological polar surface area (TPSA) is 32.3 Å². The average Bonchev–Trinajstić information content (AvgIpc) is 2.39. The third-order valence-corrected chi connectivity index (χ3v) is 3.27. The van der Waals surface area contributed by atoms with Gasteiger partial charge in [-0.3, -0.25) is 0 Å². The molecule has 0 bridgehead atoms. The summed E-state index contributed by atoms with van der Waals surface area (Å²) in [6.45, 7) is 4.23. The summed E-state index contributed by atoms with van der Waals surface area (Å²) in [5, 5.41) is 12.2. The number of unbranched alkanes of at least 4 members (excludes halogenated alkanes) is 9. The normalized spacial score (nSPS) is 13.1. The maximum Gasteiger partial charge on any atom is 0.123 e. The summed E-state index contributed by atoms with van der Waals surface area (Å²) in [6, 6.07) is 0. The summed E-state index contributed by atoms with van der Waals surface area (Å²) < 4.78 is 0. The van der Waals surface area contributed by atoms with Gasteiger partial charge in [0.25, 0.3) is 0 Å². The summed E-state index contributed by atoms with van der Waals surface area (Å²) in [5.74, 6) is 0. The molecule has 0 fully saturated rings. The molecule has 0 spiro atoms. The molecule has 1 unspecified atom stereocenters. The van der Waals surface area contributed by atoms with Gasteiger partial charge in [-0.15, -0.1) is 0 Å². The third kappa shape index (κ3) is 13.6. The van der Waals surface area contributed by atoms with Crippen LogP contribution in [0, 0.1) is 0 Å². The Morgan fingerprint density at radius 3 is 2.00 bits per heavy atom. The minimum Gasteiger partial charge on any atom is -0.374 e. The van der Waals surface area contributed by atoms with E-state index in [1.807, 2.05) is 13.1 Å². The van der Waals surface area contributed by atoms with E-state index >= 15 is 0 Å². The molecule has 0 radical (unpaired) electrons. The van der Waals surface area contributed by atoms with E-state index in [1.165, 1.54) is 57.8 Å². The second-order valence-electron chi connectivity index (χ2n) is 5.11. The smallest absolute Gasteiger partial charge is 0.123 e. The lowest BCUT2D eigenvalue weighted by Crippen LogP contribution is -2.21. The molecule has 0 aromatic rings. The summed E-state index contributed by atoms with van der Waals surface area (Å²) >= 11 is 0. The molecule has 0 amide bonds. The average molecular weight is 255 g/mol. The predicted molar refractivity (Wildman–Crippen MR) is 80.4 cm³/mol. The highest BCUT2D eigenvalue weighted by molar-refractivity contribution is 4.79. The molecular weight excluding hydrogens is 222 g/mol. The SMILES string of the molecule is CCCCCCCCCCCC=CNC(O)CC. The highest BCUT2D eigenvalue weighted by Gasteiger charge is 1.93. The number of rotatable bonds is 13. The van der Waals surface area contributed by atoms with Crippen molar-refractivity contribution in [2.75, 3.05) is 0 Å². The molecule has 0 aromatic heterocycles. The van der Waals surface area contributed by atoms with Gasteiger partial charge in [-0.2, -0.15) is 0 Å². The maximum absolute atomic E-state index is 9.26. The summed E-state index contributed by atoms with van der Waals surface area (Å²) in [5.41, 5.74) is 0. The van der Waals surface area contributed by atoms with Gasteiger partial charge in [0.05, 0.1) is 0 Å². The number of nitrogens with one attached hydrogen (secondary N) is 1. The molecule has 2 nitrogen and oxygen atoms in total. The standard InChI is InChI=1S/C16H33NO/c1-3-5-6-7-8-9-10-11-12-13-14-15-17-16(18)4-2/h14-18H,3-13H2,1-2H3. The second-order valence-corrected chi connectivity index (χ2v) is 5.11. The van der Waals surface area contributed by atoms with Crippen LogP contribution in [0.5, 0.6) is 0 Å². The van der Waals surface area contributed by atoms with Gasteiger partial charge < -0.3 is 10.4 Å². The molecule has 0 aliphatic heterocycles. The van der Waals surface area contributed by atoms with Gasteiger partial charge in [-0.25, -0.2) is 0 Å². The van der Waals surface area contributed by atoms with Crippen LogP contribution < -0.4 is 5.32 Å². The fourth-order valence-electron chi connectivity index (χ4n) is 1.95. The van der Waals surface area contributed by atoms with Crippen molar-refractivity contribution in [3.8, 4) is 0 Å². The minimum atomic E-state index is -0.385. The molecule has 0 aromatic carbocycles. The quantitative estimate of drug-likeness (QED) is 0.368. The van der Waals surface area contributed by atoms with Gasteiger partial charge in [-0.05, 0) is 25.5 Å². The molecule has 0 saturated carbocycles. The molecule has 108 valence electrons. The van der Waals surface area contributed by atoms with Crippen molar-refractivity contribution in [1.82, 2.24) is 5.32 Å². The number of aliphatic hydroxyl groups excluding tert-OH is 1. The van der Waals surface area contributed by atoms with E-state index in [0.29, 0.717) is 0 Å². The lowest BCUT2D eigenvalue weighted by Gasteiger charge is -2.06. The number of aliphatic hydroxyl groups is 1. The fourth-order valence-corrected chi connectivity index (χ4v) is 1.95. The van der Waals surface area contributed by atoms with Gasteiger partial charge in [0.1, 0.15) is 6.23 Å². The van der Waals surface area contributed by atoms with Gasteiger partial charge in [0.15, 0.2) is 0 Å². The zero-order valence-electron chi connectivity index (χ0n) is 12.5. The van der Waals surface area contributed by atoms with E-state index in [0.717, 1.165) is 12.8 Å². The second kappa shape index (κ2) is 14.6. The highest BCUT2D eigenvalue weighted by atomic mass is 16.3. The van der Waals surface area contributed by atoms with Crippen molar-refractivity contribution in [1.29, 1.82) is 0 Å². The van der Waals surface area contributed by atoms with Crippen LogP contribution in [0.4, 0.5) is 0 Å². The van der Waals surface area contributed by atoms with Crippen LogP contribution >= 0.6 is 0 Å². The molecule has 0 heterocycles. The molecule has 18 heavy (non-hydrogen) atoms. The first-order chi connectivity index (χ1) is 8.81. The number of hydrogen-bond acceptors (Lipinski definition) is 2. The fraction of sp³-hybridized carbons (Fsp3) is 0.875. The Morgan fingerprint density at radius 2 is 1.44 bits per heavy atom. The van der Waals surface area contributed by atoms with Crippen LogP contribution in [0.25, 0.3) is 0 Å². The molecule has 0 rings (SSSR count). The van der Waals surface area contributed by atoms with E-state index in [1.54, 1.807) is 0 Å². The Bertz CT molecular complexity index is 180. The van der Waals surface area contributed by atoms with E-state index in [4.69, 9.17) is 0 Å². The molecule has 2 N–H and O–H groups in total. The third-order valence-electron chi connectivity index (χ3n) is 3.27. The zero-order chi connectivity index (χ0) is 13.5.